The maximum atomic E-state index is 13.6. The molecule has 0 bridgehead atoms. The first kappa shape index (κ1) is 22.4. The van der Waals surface area contributed by atoms with E-state index in [-0.39, 0.29) is 24.4 Å². The first-order valence-electron chi connectivity index (χ1n) is 10.8. The van der Waals surface area contributed by atoms with Crippen molar-refractivity contribution in [3.8, 4) is 5.75 Å². The van der Waals surface area contributed by atoms with Gasteiger partial charge in [-0.3, -0.25) is 4.79 Å². The Balaban J connectivity index is 1.46. The molecule has 2 aromatic carbocycles. The van der Waals surface area contributed by atoms with Gasteiger partial charge in [-0.2, -0.15) is 0 Å². The number of fused-ring (bicyclic) bond motifs is 3. The molecule has 3 heterocycles. The van der Waals surface area contributed by atoms with Crippen molar-refractivity contribution in [2.24, 2.45) is 0 Å². The molecule has 5 rings (SSSR count). The summed E-state index contributed by atoms with van der Waals surface area (Å²) in [7, 11) is 0. The van der Waals surface area contributed by atoms with Crippen LogP contribution >= 0.6 is 0 Å². The summed E-state index contributed by atoms with van der Waals surface area (Å²) in [6.07, 6.45) is -4.96. The summed E-state index contributed by atoms with van der Waals surface area (Å²) in [5.74, 6) is -0.0992. The van der Waals surface area contributed by atoms with Crippen LogP contribution in [0.2, 0.25) is 0 Å². The van der Waals surface area contributed by atoms with E-state index in [0.717, 1.165) is 16.5 Å². The van der Waals surface area contributed by atoms with E-state index in [1.165, 1.54) is 24.3 Å². The first-order chi connectivity index (χ1) is 16.2. The molecule has 2 aliphatic rings. The third-order valence-electron chi connectivity index (χ3n) is 6.10. The van der Waals surface area contributed by atoms with Gasteiger partial charge in [0.15, 0.2) is 0 Å². The van der Waals surface area contributed by atoms with Crippen molar-refractivity contribution in [1.29, 1.82) is 0 Å². The van der Waals surface area contributed by atoms with Crippen molar-refractivity contribution in [3.05, 3.63) is 64.7 Å². The number of hydrogen-bond acceptors (Lipinski definition) is 6. The van der Waals surface area contributed by atoms with Crippen LogP contribution < -0.4 is 10.5 Å². The fourth-order valence-corrected chi connectivity index (χ4v) is 4.46. The second-order valence-corrected chi connectivity index (χ2v) is 8.41. The summed E-state index contributed by atoms with van der Waals surface area (Å²) in [5.41, 5.74) is 9.64. The van der Waals surface area contributed by atoms with Gasteiger partial charge in [0, 0.05) is 23.1 Å². The minimum Gasteiger partial charge on any atom is -0.406 e. The van der Waals surface area contributed by atoms with Crippen molar-refractivity contribution in [3.63, 3.8) is 0 Å². The molecule has 1 aromatic heterocycles. The Kier molecular flexibility index (Phi) is 5.57. The molecule has 1 saturated heterocycles. The lowest BCUT2D eigenvalue weighted by Gasteiger charge is -2.39. The number of nitrogens with two attached hydrogens (primary N) is 1. The number of anilines is 1. The van der Waals surface area contributed by atoms with Gasteiger partial charge in [-0.1, -0.05) is 12.1 Å². The average Bonchev–Trinajstić information content (AvgIpc) is 3.29. The summed E-state index contributed by atoms with van der Waals surface area (Å²) in [5, 5.41) is 0.819. The van der Waals surface area contributed by atoms with Gasteiger partial charge in [-0.25, -0.2) is 4.98 Å². The predicted molar refractivity (Wildman–Crippen MR) is 117 cm³/mol. The van der Waals surface area contributed by atoms with E-state index in [4.69, 9.17) is 15.2 Å². The largest absolute Gasteiger partial charge is 0.573 e. The highest BCUT2D eigenvalue weighted by atomic mass is 19.4. The fourth-order valence-electron chi connectivity index (χ4n) is 4.46. The summed E-state index contributed by atoms with van der Waals surface area (Å²) < 4.78 is 52.8. The van der Waals surface area contributed by atoms with Crippen LogP contribution in [0.5, 0.6) is 5.75 Å². The first-order valence-corrected chi connectivity index (χ1v) is 10.8. The predicted octanol–water partition coefficient (Wildman–Crippen LogP) is 4.35. The molecule has 0 saturated carbocycles. The Morgan fingerprint density at radius 2 is 1.88 bits per heavy atom. The molecule has 1 unspecified atom stereocenters. The Hall–Kier alpha value is -3.37. The zero-order valence-corrected chi connectivity index (χ0v) is 18.3. The van der Waals surface area contributed by atoms with Crippen molar-refractivity contribution in [2.75, 3.05) is 18.9 Å². The van der Waals surface area contributed by atoms with E-state index in [1.54, 1.807) is 23.1 Å². The molecule has 2 atom stereocenters. The molecule has 2 N–H and O–H groups in total. The topological polar surface area (TPSA) is 86.9 Å². The lowest BCUT2D eigenvalue weighted by Crippen LogP contribution is -2.46. The molecule has 34 heavy (non-hydrogen) atoms. The Morgan fingerprint density at radius 3 is 2.62 bits per heavy atom. The highest BCUT2D eigenvalue weighted by Crippen LogP contribution is 2.34. The number of halogens is 3. The van der Waals surface area contributed by atoms with Crippen LogP contribution in [0.25, 0.3) is 10.9 Å². The minimum absolute atomic E-state index is 0.187. The van der Waals surface area contributed by atoms with Gasteiger partial charge in [0.05, 0.1) is 37.5 Å². The summed E-state index contributed by atoms with van der Waals surface area (Å²) in [4.78, 5) is 19.7. The number of carbonyl (C=O) groups is 1. The number of ether oxygens (including phenoxy) is 3. The second kappa shape index (κ2) is 8.44. The molecule has 2 aliphatic heterocycles. The summed E-state index contributed by atoms with van der Waals surface area (Å²) in [6.45, 7) is 3.22. The molecular weight excluding hydrogens is 451 g/mol. The standard InChI is InChI=1S/C24H22F3N3O4/c1-13-9-30(21(12-33-13)14-2-5-16(6-3-14)34-24(25,26)27)23(31)15-4-7-20-17(8-15)18-10-32-11-19(18)22(28)29-20/h2-8,13,21H,9-12H2,1H3,(H2,28,29)/t13-,21?/m0/s1. The highest BCUT2D eigenvalue weighted by molar-refractivity contribution is 5.99. The number of hydrogen-bond donors (Lipinski definition) is 1. The Labute approximate surface area is 193 Å². The second-order valence-electron chi connectivity index (χ2n) is 8.41. The third kappa shape index (κ3) is 4.26. The molecule has 178 valence electrons. The van der Waals surface area contributed by atoms with Gasteiger partial charge in [0.1, 0.15) is 11.6 Å². The summed E-state index contributed by atoms with van der Waals surface area (Å²) in [6, 6.07) is 10.3. The van der Waals surface area contributed by atoms with Gasteiger partial charge < -0.3 is 24.8 Å². The minimum atomic E-state index is -4.77. The number of nitrogen functional groups attached to an aromatic ring is 1. The van der Waals surface area contributed by atoms with E-state index >= 15 is 0 Å². The number of aromatic nitrogens is 1. The molecule has 1 fully saturated rings. The van der Waals surface area contributed by atoms with Crippen LogP contribution in [0, 0.1) is 0 Å². The average molecular weight is 473 g/mol. The molecule has 7 nitrogen and oxygen atoms in total. The van der Waals surface area contributed by atoms with Crippen LogP contribution in [0.4, 0.5) is 19.0 Å². The number of morpholine rings is 1. The lowest BCUT2D eigenvalue weighted by molar-refractivity contribution is -0.274. The third-order valence-corrected chi connectivity index (χ3v) is 6.10. The summed E-state index contributed by atoms with van der Waals surface area (Å²) >= 11 is 0. The maximum Gasteiger partial charge on any atom is 0.573 e. The zero-order valence-electron chi connectivity index (χ0n) is 18.3. The van der Waals surface area contributed by atoms with Gasteiger partial charge in [0.2, 0.25) is 0 Å². The normalized spacial score (nSPS) is 20.4. The Morgan fingerprint density at radius 1 is 1.15 bits per heavy atom. The van der Waals surface area contributed by atoms with Crippen molar-refractivity contribution in [2.45, 2.75) is 38.6 Å². The number of alkyl halides is 3. The van der Waals surface area contributed by atoms with Gasteiger partial charge in [-0.15, -0.1) is 13.2 Å². The number of amides is 1. The highest BCUT2D eigenvalue weighted by Gasteiger charge is 2.34. The van der Waals surface area contributed by atoms with Crippen LogP contribution in [-0.4, -0.2) is 41.4 Å². The van der Waals surface area contributed by atoms with Crippen LogP contribution in [0.15, 0.2) is 42.5 Å². The molecule has 1 amide bonds. The SMILES string of the molecule is C[C@H]1CN(C(=O)c2ccc3nc(N)c4c(c3c2)COC4)C(c2ccc(OC(F)(F)F)cc2)CO1. The van der Waals surface area contributed by atoms with E-state index in [2.05, 4.69) is 9.72 Å². The van der Waals surface area contributed by atoms with E-state index in [9.17, 15) is 18.0 Å². The monoisotopic (exact) mass is 473 g/mol. The number of rotatable bonds is 3. The van der Waals surface area contributed by atoms with Crippen molar-refractivity contribution in [1.82, 2.24) is 9.88 Å². The van der Waals surface area contributed by atoms with Crippen molar-refractivity contribution < 1.29 is 32.2 Å². The number of nitrogens with zero attached hydrogens (tertiary/aromatic N) is 2. The molecule has 0 aliphatic carbocycles. The quantitative estimate of drug-likeness (QED) is 0.609. The number of carbonyl (C=O) groups excluding carboxylic acids is 1. The van der Waals surface area contributed by atoms with Crippen LogP contribution in [0.1, 0.15) is 40.0 Å². The molecule has 0 spiro atoms. The van der Waals surface area contributed by atoms with Gasteiger partial charge in [0.25, 0.3) is 5.91 Å². The van der Waals surface area contributed by atoms with E-state index in [0.29, 0.717) is 42.2 Å². The van der Waals surface area contributed by atoms with Gasteiger partial charge >= 0.3 is 6.36 Å². The van der Waals surface area contributed by atoms with E-state index in [1.807, 2.05) is 6.92 Å². The van der Waals surface area contributed by atoms with Crippen molar-refractivity contribution >= 4 is 22.6 Å². The maximum absolute atomic E-state index is 13.6. The zero-order chi connectivity index (χ0) is 24.0. The molecule has 0 radical (unpaired) electrons. The molecular formula is C24H22F3N3O4. The molecule has 3 aromatic rings. The van der Waals surface area contributed by atoms with Crippen LogP contribution in [0.3, 0.4) is 0 Å². The van der Waals surface area contributed by atoms with Crippen LogP contribution in [-0.2, 0) is 22.7 Å². The van der Waals surface area contributed by atoms with Gasteiger partial charge in [-0.05, 0) is 48.4 Å². The Bertz CT molecular complexity index is 1250. The number of benzene rings is 2. The molecule has 10 heteroatoms. The number of pyridine rings is 1. The smallest absolute Gasteiger partial charge is 0.406 e. The van der Waals surface area contributed by atoms with E-state index < -0.39 is 12.4 Å². The lowest BCUT2D eigenvalue weighted by atomic mass is 9.99. The fraction of sp³-hybridized carbons (Fsp3) is 0.333.